The van der Waals surface area contributed by atoms with E-state index in [4.69, 9.17) is 0 Å². The Bertz CT molecular complexity index is 747. The summed E-state index contributed by atoms with van der Waals surface area (Å²) < 4.78 is 0. The molecule has 2 N–H and O–H groups in total. The van der Waals surface area contributed by atoms with Gasteiger partial charge in [-0.05, 0) is 36.2 Å². The van der Waals surface area contributed by atoms with Gasteiger partial charge in [0.1, 0.15) is 0 Å². The highest BCUT2D eigenvalue weighted by Gasteiger charge is 2.08. The van der Waals surface area contributed by atoms with E-state index in [1.165, 1.54) is 4.90 Å². The van der Waals surface area contributed by atoms with E-state index >= 15 is 0 Å². The van der Waals surface area contributed by atoms with Gasteiger partial charge in [-0.3, -0.25) is 9.79 Å². The molecule has 0 aliphatic heterocycles. The molecule has 2 aromatic rings. The highest BCUT2D eigenvalue weighted by molar-refractivity contribution is 7.99. The first-order valence-corrected chi connectivity index (χ1v) is 10.0. The summed E-state index contributed by atoms with van der Waals surface area (Å²) in [6.07, 6.45) is 0.827. The Hall–Kier alpha value is -2.47. The average Bonchev–Trinajstić information content (AvgIpc) is 2.70. The van der Waals surface area contributed by atoms with E-state index in [1.807, 2.05) is 42.1 Å². The quantitative estimate of drug-likeness (QED) is 0.318. The number of carbonyl (C=O) groups is 1. The molecule has 144 valence electrons. The highest BCUT2D eigenvalue weighted by atomic mass is 32.2. The molecule has 0 aliphatic rings. The number of rotatable bonds is 8. The van der Waals surface area contributed by atoms with Crippen LogP contribution in [0.3, 0.4) is 0 Å². The summed E-state index contributed by atoms with van der Waals surface area (Å²) in [6.45, 7) is 1.59. The maximum Gasteiger partial charge on any atom is 0.253 e. The number of aliphatic imine (C=N–C) groups is 1. The van der Waals surface area contributed by atoms with E-state index in [-0.39, 0.29) is 5.91 Å². The summed E-state index contributed by atoms with van der Waals surface area (Å²) in [4.78, 5) is 19.2. The van der Waals surface area contributed by atoms with Crippen LogP contribution < -0.4 is 10.6 Å². The molecule has 2 aromatic carbocycles. The van der Waals surface area contributed by atoms with Crippen molar-refractivity contribution in [2.24, 2.45) is 4.99 Å². The molecule has 0 atom stereocenters. The van der Waals surface area contributed by atoms with Crippen LogP contribution >= 0.6 is 11.8 Å². The van der Waals surface area contributed by atoms with Crippen LogP contribution in [0, 0.1) is 0 Å². The zero-order valence-electron chi connectivity index (χ0n) is 16.2. The number of hydrogen-bond donors (Lipinski definition) is 2. The number of guanidine groups is 1. The highest BCUT2D eigenvalue weighted by Crippen LogP contribution is 2.15. The first-order valence-electron chi connectivity index (χ1n) is 9.03. The van der Waals surface area contributed by atoms with E-state index in [0.717, 1.165) is 42.3 Å². The lowest BCUT2D eigenvalue weighted by atomic mass is 10.1. The molecule has 1 amide bonds. The molecule has 0 fully saturated rings. The lowest BCUT2D eigenvalue weighted by Gasteiger charge is -2.13. The predicted octanol–water partition coefficient (Wildman–Crippen LogP) is 2.89. The summed E-state index contributed by atoms with van der Waals surface area (Å²) >= 11 is 1.82. The summed E-state index contributed by atoms with van der Waals surface area (Å²) in [5, 5.41) is 6.65. The summed E-state index contributed by atoms with van der Waals surface area (Å²) in [7, 11) is 5.31. The third-order valence-electron chi connectivity index (χ3n) is 3.92. The van der Waals surface area contributed by atoms with Crippen LogP contribution in [0.15, 0.2) is 64.5 Å². The van der Waals surface area contributed by atoms with Gasteiger partial charge in [-0.25, -0.2) is 0 Å². The Labute approximate surface area is 166 Å². The van der Waals surface area contributed by atoms with Crippen molar-refractivity contribution >= 4 is 23.6 Å². The number of thioether (sulfide) groups is 1. The number of benzene rings is 2. The van der Waals surface area contributed by atoms with Crippen molar-refractivity contribution in [2.45, 2.75) is 11.3 Å². The summed E-state index contributed by atoms with van der Waals surface area (Å²) in [5.41, 5.74) is 1.85. The number of hydrogen-bond acceptors (Lipinski definition) is 3. The predicted molar refractivity (Wildman–Crippen MR) is 115 cm³/mol. The summed E-state index contributed by atoms with van der Waals surface area (Å²) in [6, 6.07) is 18.1. The SMILES string of the molecule is CN=C(NCCSc1ccccc1)NCCc1cccc(C(=O)N(C)C)c1. The maximum absolute atomic E-state index is 12.1. The van der Waals surface area contributed by atoms with Crippen molar-refractivity contribution in [3.05, 3.63) is 65.7 Å². The normalized spacial score (nSPS) is 11.1. The van der Waals surface area contributed by atoms with Gasteiger partial charge in [-0.1, -0.05) is 30.3 Å². The summed E-state index contributed by atoms with van der Waals surface area (Å²) in [5.74, 6) is 1.79. The lowest BCUT2D eigenvalue weighted by Crippen LogP contribution is -2.39. The van der Waals surface area contributed by atoms with Gasteiger partial charge in [0, 0.05) is 50.4 Å². The Morgan fingerprint density at radius 1 is 1.04 bits per heavy atom. The van der Waals surface area contributed by atoms with Crippen LogP contribution in [-0.4, -0.2) is 56.8 Å². The van der Waals surface area contributed by atoms with Gasteiger partial charge < -0.3 is 15.5 Å². The minimum Gasteiger partial charge on any atom is -0.356 e. The molecule has 6 heteroatoms. The second-order valence-electron chi connectivity index (χ2n) is 6.24. The smallest absolute Gasteiger partial charge is 0.253 e. The topological polar surface area (TPSA) is 56.7 Å². The van der Waals surface area contributed by atoms with Crippen molar-refractivity contribution in [1.82, 2.24) is 15.5 Å². The molecular formula is C21H28N4OS. The molecule has 0 saturated carbocycles. The van der Waals surface area contributed by atoms with E-state index in [1.54, 1.807) is 26.0 Å². The minimum absolute atomic E-state index is 0.0261. The Kier molecular flexibility index (Phi) is 8.71. The molecule has 0 heterocycles. The number of carbonyl (C=O) groups excluding carboxylic acids is 1. The molecule has 0 spiro atoms. The molecule has 0 bridgehead atoms. The maximum atomic E-state index is 12.1. The fraction of sp³-hybridized carbons (Fsp3) is 0.333. The molecule has 27 heavy (non-hydrogen) atoms. The van der Waals surface area contributed by atoms with Crippen molar-refractivity contribution in [1.29, 1.82) is 0 Å². The van der Waals surface area contributed by atoms with Crippen molar-refractivity contribution in [2.75, 3.05) is 40.0 Å². The van der Waals surface area contributed by atoms with Crippen LogP contribution in [0.25, 0.3) is 0 Å². The Morgan fingerprint density at radius 2 is 1.78 bits per heavy atom. The Morgan fingerprint density at radius 3 is 2.48 bits per heavy atom. The zero-order chi connectivity index (χ0) is 19.5. The van der Waals surface area contributed by atoms with Gasteiger partial charge >= 0.3 is 0 Å². The third kappa shape index (κ3) is 7.35. The van der Waals surface area contributed by atoms with Gasteiger partial charge in [-0.15, -0.1) is 11.8 Å². The van der Waals surface area contributed by atoms with Crippen LogP contribution in [0.1, 0.15) is 15.9 Å². The van der Waals surface area contributed by atoms with E-state index in [0.29, 0.717) is 0 Å². The number of nitrogens with one attached hydrogen (secondary N) is 2. The number of nitrogens with zero attached hydrogens (tertiary/aromatic N) is 2. The van der Waals surface area contributed by atoms with Crippen LogP contribution in [0.4, 0.5) is 0 Å². The minimum atomic E-state index is 0.0261. The van der Waals surface area contributed by atoms with Gasteiger partial charge in [0.2, 0.25) is 0 Å². The first kappa shape index (κ1) is 20.8. The zero-order valence-corrected chi connectivity index (χ0v) is 17.1. The largest absolute Gasteiger partial charge is 0.356 e. The van der Waals surface area contributed by atoms with Crippen molar-refractivity contribution in [3.63, 3.8) is 0 Å². The monoisotopic (exact) mass is 384 g/mol. The molecule has 0 saturated heterocycles. The van der Waals surface area contributed by atoms with Crippen LogP contribution in [-0.2, 0) is 6.42 Å². The van der Waals surface area contributed by atoms with E-state index in [9.17, 15) is 4.79 Å². The van der Waals surface area contributed by atoms with Crippen LogP contribution in [0.5, 0.6) is 0 Å². The van der Waals surface area contributed by atoms with Gasteiger partial charge in [0.15, 0.2) is 5.96 Å². The molecule has 0 radical (unpaired) electrons. The van der Waals surface area contributed by atoms with E-state index < -0.39 is 0 Å². The van der Waals surface area contributed by atoms with E-state index in [2.05, 4.69) is 39.9 Å². The van der Waals surface area contributed by atoms with Gasteiger partial charge in [0.05, 0.1) is 0 Å². The lowest BCUT2D eigenvalue weighted by molar-refractivity contribution is 0.0827. The van der Waals surface area contributed by atoms with Gasteiger partial charge in [-0.2, -0.15) is 0 Å². The Balaban J connectivity index is 1.71. The van der Waals surface area contributed by atoms with Gasteiger partial charge in [0.25, 0.3) is 5.91 Å². The molecule has 0 aromatic heterocycles. The fourth-order valence-electron chi connectivity index (χ4n) is 2.52. The molecule has 2 rings (SSSR count). The molecule has 0 unspecified atom stereocenters. The van der Waals surface area contributed by atoms with Crippen molar-refractivity contribution in [3.8, 4) is 0 Å². The standard InChI is InChI=1S/C21H28N4OS/c1-22-21(24-14-15-27-19-10-5-4-6-11-19)23-13-12-17-8-7-9-18(16-17)20(26)25(2)3/h4-11,16H,12-15H2,1-3H3,(H2,22,23,24). The molecule has 0 aliphatic carbocycles. The second-order valence-corrected chi connectivity index (χ2v) is 7.41. The van der Waals surface area contributed by atoms with Crippen LogP contribution in [0.2, 0.25) is 0 Å². The molecular weight excluding hydrogens is 356 g/mol. The second kappa shape index (κ2) is 11.3. The fourth-order valence-corrected chi connectivity index (χ4v) is 3.31. The van der Waals surface area contributed by atoms with Crippen molar-refractivity contribution < 1.29 is 4.79 Å². The number of amides is 1. The molecule has 5 nitrogen and oxygen atoms in total. The third-order valence-corrected chi connectivity index (χ3v) is 4.93. The average molecular weight is 385 g/mol. The first-order chi connectivity index (χ1) is 13.1.